The smallest absolute Gasteiger partial charge is 0.307 e. The normalized spacial score (nSPS) is 29.4. The number of likely N-dealkylation sites (tertiary alicyclic amines) is 1. The van der Waals surface area contributed by atoms with Gasteiger partial charge in [-0.25, -0.2) is 0 Å². The van der Waals surface area contributed by atoms with E-state index >= 15 is 0 Å². The fourth-order valence-corrected chi connectivity index (χ4v) is 2.52. The van der Waals surface area contributed by atoms with E-state index in [1.807, 2.05) is 20.8 Å². The lowest BCUT2D eigenvalue weighted by atomic mass is 10.2. The molecule has 2 heterocycles. The van der Waals surface area contributed by atoms with Crippen molar-refractivity contribution in [2.75, 3.05) is 19.6 Å². The van der Waals surface area contributed by atoms with E-state index in [9.17, 15) is 4.79 Å². The van der Waals surface area contributed by atoms with E-state index in [4.69, 9.17) is 9.47 Å². The van der Waals surface area contributed by atoms with Crippen molar-refractivity contribution in [2.45, 2.75) is 57.8 Å². The fraction of sp³-hybridized carbons (Fsp3) is 0.923. The molecule has 2 unspecified atom stereocenters. The van der Waals surface area contributed by atoms with Gasteiger partial charge in [0.25, 0.3) is 0 Å². The zero-order valence-corrected chi connectivity index (χ0v) is 11.1. The second-order valence-corrected chi connectivity index (χ2v) is 6.05. The predicted molar refractivity (Wildman–Crippen MR) is 64.8 cm³/mol. The van der Waals surface area contributed by atoms with Crippen LogP contribution in [-0.4, -0.2) is 48.3 Å². The standard InChI is InChI=1S/C13H23NO3/c1-13(2,3)17-12(15)6-7-14-8-10-4-5-11(9-14)16-10/h10-11H,4-9H2,1-3H3. The van der Waals surface area contributed by atoms with Gasteiger partial charge >= 0.3 is 5.97 Å². The van der Waals surface area contributed by atoms with Crippen LogP contribution in [0.5, 0.6) is 0 Å². The lowest BCUT2D eigenvalue weighted by molar-refractivity contribution is -0.155. The Hall–Kier alpha value is -0.610. The Morgan fingerprint density at radius 1 is 1.29 bits per heavy atom. The molecule has 0 spiro atoms. The van der Waals surface area contributed by atoms with Gasteiger partial charge < -0.3 is 9.47 Å². The van der Waals surface area contributed by atoms with E-state index in [0.717, 1.165) is 19.6 Å². The van der Waals surface area contributed by atoms with Crippen molar-refractivity contribution in [1.29, 1.82) is 0 Å². The highest BCUT2D eigenvalue weighted by molar-refractivity contribution is 5.70. The van der Waals surface area contributed by atoms with Crippen molar-refractivity contribution in [3.63, 3.8) is 0 Å². The molecule has 4 nitrogen and oxygen atoms in total. The third-order valence-electron chi connectivity index (χ3n) is 3.17. The summed E-state index contributed by atoms with van der Waals surface area (Å²) in [5.74, 6) is -0.101. The van der Waals surface area contributed by atoms with E-state index in [2.05, 4.69) is 4.90 Å². The molecule has 0 aromatic heterocycles. The molecule has 17 heavy (non-hydrogen) atoms. The van der Waals surface area contributed by atoms with Crippen molar-refractivity contribution in [3.8, 4) is 0 Å². The van der Waals surface area contributed by atoms with E-state index < -0.39 is 0 Å². The van der Waals surface area contributed by atoms with Crippen LogP contribution < -0.4 is 0 Å². The van der Waals surface area contributed by atoms with Crippen LogP contribution in [-0.2, 0) is 14.3 Å². The largest absolute Gasteiger partial charge is 0.460 e. The number of morpholine rings is 1. The van der Waals surface area contributed by atoms with Crippen molar-refractivity contribution in [2.24, 2.45) is 0 Å². The first kappa shape index (κ1) is 12.8. The van der Waals surface area contributed by atoms with Gasteiger partial charge in [0.1, 0.15) is 5.60 Å². The van der Waals surface area contributed by atoms with E-state index in [1.54, 1.807) is 0 Å². The second kappa shape index (κ2) is 4.94. The van der Waals surface area contributed by atoms with E-state index in [0.29, 0.717) is 18.6 Å². The maximum absolute atomic E-state index is 11.6. The minimum atomic E-state index is -0.374. The van der Waals surface area contributed by atoms with Crippen molar-refractivity contribution in [1.82, 2.24) is 4.90 Å². The maximum Gasteiger partial charge on any atom is 0.307 e. The molecule has 98 valence electrons. The Balaban J connectivity index is 1.70. The Morgan fingerprint density at radius 3 is 2.41 bits per heavy atom. The number of carbonyl (C=O) groups is 1. The van der Waals surface area contributed by atoms with Gasteiger partial charge in [-0.3, -0.25) is 9.69 Å². The molecule has 2 aliphatic heterocycles. The number of rotatable bonds is 3. The summed E-state index contributed by atoms with van der Waals surface area (Å²) < 4.78 is 11.1. The number of nitrogens with zero attached hydrogens (tertiary/aromatic N) is 1. The number of hydrogen-bond donors (Lipinski definition) is 0. The minimum absolute atomic E-state index is 0.101. The molecule has 0 radical (unpaired) electrons. The molecule has 0 N–H and O–H groups in total. The average molecular weight is 241 g/mol. The van der Waals surface area contributed by atoms with Crippen LogP contribution in [0.3, 0.4) is 0 Å². The molecule has 0 aliphatic carbocycles. The van der Waals surface area contributed by atoms with Crippen LogP contribution >= 0.6 is 0 Å². The Kier molecular flexibility index (Phi) is 3.73. The van der Waals surface area contributed by atoms with Crippen LogP contribution in [0.2, 0.25) is 0 Å². The molecule has 0 saturated carbocycles. The molecule has 2 fully saturated rings. The van der Waals surface area contributed by atoms with Crippen molar-refractivity contribution in [3.05, 3.63) is 0 Å². The summed E-state index contributed by atoms with van der Waals surface area (Å²) in [5, 5.41) is 0. The monoisotopic (exact) mass is 241 g/mol. The topological polar surface area (TPSA) is 38.8 Å². The summed E-state index contributed by atoms with van der Waals surface area (Å²) in [6.45, 7) is 8.45. The molecule has 2 atom stereocenters. The van der Waals surface area contributed by atoms with E-state index in [1.165, 1.54) is 12.8 Å². The molecule has 0 aromatic rings. The summed E-state index contributed by atoms with van der Waals surface area (Å²) in [6, 6.07) is 0. The number of esters is 1. The highest BCUT2D eigenvalue weighted by Crippen LogP contribution is 2.26. The lowest BCUT2D eigenvalue weighted by Gasteiger charge is -2.32. The Labute approximate surface area is 103 Å². The van der Waals surface area contributed by atoms with Gasteiger partial charge in [-0.2, -0.15) is 0 Å². The van der Waals surface area contributed by atoms with Crippen LogP contribution in [0.15, 0.2) is 0 Å². The Bertz CT molecular complexity index is 273. The minimum Gasteiger partial charge on any atom is -0.460 e. The first-order valence-corrected chi connectivity index (χ1v) is 6.52. The number of hydrogen-bond acceptors (Lipinski definition) is 4. The quantitative estimate of drug-likeness (QED) is 0.703. The summed E-state index contributed by atoms with van der Waals surface area (Å²) in [7, 11) is 0. The summed E-state index contributed by atoms with van der Waals surface area (Å²) in [4.78, 5) is 13.9. The van der Waals surface area contributed by atoms with Crippen LogP contribution in [0.1, 0.15) is 40.0 Å². The summed E-state index contributed by atoms with van der Waals surface area (Å²) >= 11 is 0. The maximum atomic E-state index is 11.6. The number of carbonyl (C=O) groups excluding carboxylic acids is 1. The molecule has 4 heteroatoms. The van der Waals surface area contributed by atoms with Crippen LogP contribution in [0, 0.1) is 0 Å². The van der Waals surface area contributed by atoms with Gasteiger partial charge in [0.2, 0.25) is 0 Å². The van der Waals surface area contributed by atoms with Crippen LogP contribution in [0.4, 0.5) is 0 Å². The molecule has 2 rings (SSSR count). The predicted octanol–water partition coefficient (Wildman–Crippen LogP) is 1.58. The van der Waals surface area contributed by atoms with Gasteiger partial charge in [0.15, 0.2) is 0 Å². The molecule has 2 saturated heterocycles. The first-order valence-electron chi connectivity index (χ1n) is 6.52. The molecule has 2 bridgehead atoms. The lowest BCUT2D eigenvalue weighted by Crippen LogP contribution is -2.43. The molecule has 0 aromatic carbocycles. The van der Waals surface area contributed by atoms with Gasteiger partial charge in [0, 0.05) is 19.6 Å². The molecular formula is C13H23NO3. The highest BCUT2D eigenvalue weighted by Gasteiger charge is 2.33. The van der Waals surface area contributed by atoms with Gasteiger partial charge in [-0.1, -0.05) is 0 Å². The number of fused-ring (bicyclic) bond motifs is 2. The Morgan fingerprint density at radius 2 is 1.88 bits per heavy atom. The van der Waals surface area contributed by atoms with Gasteiger partial charge in [-0.15, -0.1) is 0 Å². The highest BCUT2D eigenvalue weighted by atomic mass is 16.6. The van der Waals surface area contributed by atoms with Crippen molar-refractivity contribution >= 4 is 5.97 Å². The first-order chi connectivity index (χ1) is 7.92. The summed E-state index contributed by atoms with van der Waals surface area (Å²) in [5.41, 5.74) is -0.374. The van der Waals surface area contributed by atoms with Crippen molar-refractivity contribution < 1.29 is 14.3 Å². The third-order valence-corrected chi connectivity index (χ3v) is 3.17. The summed E-state index contributed by atoms with van der Waals surface area (Å²) in [6.07, 6.45) is 3.62. The molecule has 0 amide bonds. The zero-order valence-electron chi connectivity index (χ0n) is 11.1. The number of ether oxygens (including phenoxy) is 2. The SMILES string of the molecule is CC(C)(C)OC(=O)CCN1CC2CCC(C1)O2. The second-order valence-electron chi connectivity index (χ2n) is 6.05. The third kappa shape index (κ3) is 3.96. The fourth-order valence-electron chi connectivity index (χ4n) is 2.52. The molecule has 2 aliphatic rings. The van der Waals surface area contributed by atoms with E-state index in [-0.39, 0.29) is 11.6 Å². The van der Waals surface area contributed by atoms with Crippen LogP contribution in [0.25, 0.3) is 0 Å². The zero-order chi connectivity index (χ0) is 12.5. The molecular weight excluding hydrogens is 218 g/mol. The van der Waals surface area contributed by atoms with Gasteiger partial charge in [0.05, 0.1) is 18.6 Å². The average Bonchev–Trinajstić information content (AvgIpc) is 2.53. The van der Waals surface area contributed by atoms with Gasteiger partial charge in [-0.05, 0) is 33.6 Å².